The maximum atomic E-state index is 12.4. The Morgan fingerprint density at radius 2 is 1.74 bits per heavy atom. The Labute approximate surface area is 234 Å². The Morgan fingerprint density at radius 1 is 1.13 bits per heavy atom. The standard InChI is InChI=1S/C24H38F3N5O3S.C3H8/c1-4-14-31(18-20-7-9-21(10-8-20)35-24(25,26)27)15-5-6-16-32(17-13-29-2)23(30-12-11-28)22(33)19-36(3)34;1-3-2/h7-12,19,29,33H,4-6,13-18,28H2,1-3H3;3H2,1-2H3/b12-11+,22-19+,30-23+;. The normalized spacial score (nSPS) is 13.4. The fraction of sp³-hybridized carbons (Fsp3) is 0.593. The fourth-order valence-corrected chi connectivity index (χ4v) is 3.90. The van der Waals surface area contributed by atoms with Gasteiger partial charge < -0.3 is 25.8 Å². The van der Waals surface area contributed by atoms with E-state index in [-0.39, 0.29) is 11.5 Å². The van der Waals surface area contributed by atoms with Crippen LogP contribution in [0.5, 0.6) is 5.75 Å². The van der Waals surface area contributed by atoms with Gasteiger partial charge in [0.15, 0.2) is 11.6 Å². The molecule has 0 saturated carbocycles. The number of likely N-dealkylation sites (N-methyl/N-ethyl adjacent to an activating group) is 1. The average molecular weight is 578 g/mol. The second kappa shape index (κ2) is 21.3. The summed E-state index contributed by atoms with van der Waals surface area (Å²) in [7, 11) is 0.482. The number of ether oxygens (including phenoxy) is 1. The summed E-state index contributed by atoms with van der Waals surface area (Å²) in [6.07, 6.45) is 3.24. The molecule has 224 valence electrons. The lowest BCUT2D eigenvalue weighted by Crippen LogP contribution is -2.38. The molecular weight excluding hydrogens is 531 g/mol. The topological polar surface area (TPSA) is 103 Å². The van der Waals surface area contributed by atoms with Crippen molar-refractivity contribution >= 4 is 16.6 Å². The van der Waals surface area contributed by atoms with Crippen molar-refractivity contribution < 1.29 is 27.2 Å². The number of aliphatic hydroxyl groups excluding tert-OH is 1. The molecule has 1 unspecified atom stereocenters. The molecule has 1 aromatic carbocycles. The van der Waals surface area contributed by atoms with Crippen LogP contribution >= 0.6 is 0 Å². The van der Waals surface area contributed by atoms with Gasteiger partial charge in [-0.25, -0.2) is 4.99 Å². The number of hydrogen-bond acceptors (Lipinski definition) is 7. The van der Waals surface area contributed by atoms with Crippen molar-refractivity contribution in [2.75, 3.05) is 46.0 Å². The van der Waals surface area contributed by atoms with E-state index in [0.717, 1.165) is 37.9 Å². The summed E-state index contributed by atoms with van der Waals surface area (Å²) in [5, 5.41) is 14.8. The summed E-state index contributed by atoms with van der Waals surface area (Å²) in [5.41, 5.74) is 6.32. The van der Waals surface area contributed by atoms with Gasteiger partial charge in [0.05, 0.1) is 0 Å². The van der Waals surface area contributed by atoms with E-state index in [1.54, 1.807) is 12.1 Å². The molecular formula is C27H46F3N5O3S. The molecule has 8 nitrogen and oxygen atoms in total. The highest BCUT2D eigenvalue weighted by Gasteiger charge is 2.31. The SMILES string of the molecule is CCC.CCCN(CCCCN(CCNC)C(=N/C=C/N)/C(O)=C\S(C)=O)Cc1ccc(OC(F)(F)F)cc1. The van der Waals surface area contributed by atoms with Crippen molar-refractivity contribution in [2.24, 2.45) is 10.7 Å². The number of rotatable bonds is 16. The van der Waals surface area contributed by atoms with Gasteiger partial charge in [-0.05, 0) is 57.1 Å². The molecule has 1 rings (SSSR count). The molecule has 1 atom stereocenters. The molecule has 1 aromatic rings. The van der Waals surface area contributed by atoms with E-state index >= 15 is 0 Å². The number of halogens is 3. The zero-order valence-electron chi connectivity index (χ0n) is 23.8. The smallest absolute Gasteiger partial charge is 0.504 e. The zero-order chi connectivity index (χ0) is 29.7. The number of alkyl halides is 3. The van der Waals surface area contributed by atoms with Crippen molar-refractivity contribution in [3.63, 3.8) is 0 Å². The summed E-state index contributed by atoms with van der Waals surface area (Å²) in [4.78, 5) is 8.41. The van der Waals surface area contributed by atoms with Gasteiger partial charge in [0.2, 0.25) is 0 Å². The van der Waals surface area contributed by atoms with Gasteiger partial charge in [-0.3, -0.25) is 9.11 Å². The average Bonchev–Trinajstić information content (AvgIpc) is 2.85. The van der Waals surface area contributed by atoms with Crippen molar-refractivity contribution in [1.29, 1.82) is 0 Å². The molecule has 0 aromatic heterocycles. The van der Waals surface area contributed by atoms with Crippen LogP contribution in [0.2, 0.25) is 0 Å². The number of unbranched alkanes of at least 4 members (excludes halogenated alkanes) is 1. The number of nitrogens with two attached hydrogens (primary N) is 1. The van der Waals surface area contributed by atoms with Gasteiger partial charge in [-0.15, -0.1) is 13.2 Å². The third-order valence-corrected chi connectivity index (χ3v) is 5.53. The van der Waals surface area contributed by atoms with Crippen LogP contribution < -0.4 is 15.8 Å². The third kappa shape index (κ3) is 18.4. The van der Waals surface area contributed by atoms with Gasteiger partial charge in [0, 0.05) is 61.0 Å². The molecule has 0 fully saturated rings. The predicted octanol–water partition coefficient (Wildman–Crippen LogP) is 5.12. The number of amidine groups is 1. The second-order valence-electron chi connectivity index (χ2n) is 8.77. The number of aliphatic imine (C=N–C) groups is 1. The Bertz CT molecular complexity index is 894. The van der Waals surface area contributed by atoms with Gasteiger partial charge in [0.25, 0.3) is 0 Å². The largest absolute Gasteiger partial charge is 0.573 e. The number of nitrogens with one attached hydrogen (secondary N) is 1. The van der Waals surface area contributed by atoms with Crippen LogP contribution in [0.3, 0.4) is 0 Å². The lowest BCUT2D eigenvalue weighted by Gasteiger charge is -2.27. The van der Waals surface area contributed by atoms with Crippen LogP contribution in [0.1, 0.15) is 52.0 Å². The van der Waals surface area contributed by atoms with E-state index in [2.05, 4.69) is 40.7 Å². The molecule has 0 heterocycles. The Balaban J connectivity index is 0.00000458. The first-order valence-corrected chi connectivity index (χ1v) is 14.8. The maximum Gasteiger partial charge on any atom is 0.573 e. The molecule has 0 aliphatic heterocycles. The van der Waals surface area contributed by atoms with E-state index in [1.165, 1.54) is 42.6 Å². The van der Waals surface area contributed by atoms with Crippen LogP contribution in [0.25, 0.3) is 0 Å². The summed E-state index contributed by atoms with van der Waals surface area (Å²) < 4.78 is 52.7. The summed E-state index contributed by atoms with van der Waals surface area (Å²) in [5.74, 6) is -0.106. The summed E-state index contributed by atoms with van der Waals surface area (Å²) in [6, 6.07) is 5.94. The summed E-state index contributed by atoms with van der Waals surface area (Å²) in [6.45, 7) is 10.4. The van der Waals surface area contributed by atoms with E-state index < -0.39 is 17.2 Å². The molecule has 0 aliphatic carbocycles. The van der Waals surface area contributed by atoms with Crippen LogP contribution in [-0.2, 0) is 17.3 Å². The minimum absolute atomic E-state index is 0.171. The van der Waals surface area contributed by atoms with Gasteiger partial charge in [-0.2, -0.15) is 0 Å². The minimum atomic E-state index is -4.71. The molecule has 0 aliphatic rings. The van der Waals surface area contributed by atoms with Crippen LogP contribution in [-0.4, -0.2) is 77.3 Å². The maximum absolute atomic E-state index is 12.4. The minimum Gasteiger partial charge on any atom is -0.504 e. The van der Waals surface area contributed by atoms with E-state index in [0.29, 0.717) is 32.0 Å². The van der Waals surface area contributed by atoms with E-state index in [4.69, 9.17) is 5.73 Å². The first kappa shape index (κ1) is 36.4. The molecule has 12 heteroatoms. The van der Waals surface area contributed by atoms with Crippen molar-refractivity contribution in [3.8, 4) is 5.75 Å². The summed E-state index contributed by atoms with van der Waals surface area (Å²) >= 11 is 0. The van der Waals surface area contributed by atoms with Crippen LogP contribution in [0.4, 0.5) is 13.2 Å². The van der Waals surface area contributed by atoms with Crippen molar-refractivity contribution in [3.05, 3.63) is 53.4 Å². The number of nitrogens with zero attached hydrogens (tertiary/aromatic N) is 3. The van der Waals surface area contributed by atoms with Gasteiger partial charge in [0.1, 0.15) is 5.75 Å². The highest BCUT2D eigenvalue weighted by molar-refractivity contribution is 7.87. The van der Waals surface area contributed by atoms with Crippen molar-refractivity contribution in [1.82, 2.24) is 15.1 Å². The molecule has 4 N–H and O–H groups in total. The molecule has 0 amide bonds. The number of aliphatic hydroxyl groups is 1. The lowest BCUT2D eigenvalue weighted by molar-refractivity contribution is -0.274. The monoisotopic (exact) mass is 577 g/mol. The van der Waals surface area contributed by atoms with Crippen molar-refractivity contribution in [2.45, 2.75) is 59.4 Å². The van der Waals surface area contributed by atoms with E-state index in [9.17, 15) is 22.5 Å². The lowest BCUT2D eigenvalue weighted by atomic mass is 10.2. The molecule has 0 bridgehead atoms. The second-order valence-corrected chi connectivity index (χ2v) is 10.0. The third-order valence-electron chi connectivity index (χ3n) is 4.98. The van der Waals surface area contributed by atoms with Crippen LogP contribution in [0.15, 0.2) is 52.8 Å². The molecule has 0 spiro atoms. The molecule has 39 heavy (non-hydrogen) atoms. The highest BCUT2D eigenvalue weighted by Crippen LogP contribution is 2.23. The Kier molecular flexibility index (Phi) is 19.9. The first-order valence-electron chi connectivity index (χ1n) is 13.2. The van der Waals surface area contributed by atoms with Gasteiger partial charge >= 0.3 is 6.36 Å². The van der Waals surface area contributed by atoms with Crippen LogP contribution in [0, 0.1) is 0 Å². The highest BCUT2D eigenvalue weighted by atomic mass is 32.2. The Morgan fingerprint density at radius 3 is 2.26 bits per heavy atom. The Hall–Kier alpha value is -2.57. The first-order chi connectivity index (χ1) is 18.5. The fourth-order valence-electron chi connectivity index (χ4n) is 3.48. The molecule has 0 radical (unpaired) electrons. The quantitative estimate of drug-likeness (QED) is 0.108. The van der Waals surface area contributed by atoms with Gasteiger partial charge in [-0.1, -0.05) is 39.3 Å². The number of hydrogen-bond donors (Lipinski definition) is 3. The molecule has 0 saturated heterocycles. The zero-order valence-corrected chi connectivity index (χ0v) is 24.7. The number of benzene rings is 1. The predicted molar refractivity (Wildman–Crippen MR) is 155 cm³/mol. The van der Waals surface area contributed by atoms with E-state index in [1.807, 2.05) is 11.9 Å².